The van der Waals surface area contributed by atoms with Crippen LogP contribution in [0.3, 0.4) is 0 Å². The highest BCUT2D eigenvalue weighted by atomic mass is 35.5. The summed E-state index contributed by atoms with van der Waals surface area (Å²) >= 11 is 0. The fraction of sp³-hybridized carbons (Fsp3) is 1.00. The van der Waals surface area contributed by atoms with Crippen molar-refractivity contribution < 1.29 is 0 Å². The lowest BCUT2D eigenvalue weighted by molar-refractivity contribution is 0.148. The molecule has 0 aliphatic carbocycles. The summed E-state index contributed by atoms with van der Waals surface area (Å²) in [7, 11) is 4.19. The number of hydrogen-bond donors (Lipinski definition) is 1. The van der Waals surface area contributed by atoms with Crippen LogP contribution in [0.5, 0.6) is 0 Å². The van der Waals surface area contributed by atoms with Gasteiger partial charge in [-0.15, -0.1) is 24.8 Å². The van der Waals surface area contributed by atoms with Gasteiger partial charge in [-0.25, -0.2) is 0 Å². The summed E-state index contributed by atoms with van der Waals surface area (Å²) in [5, 5.41) is 0. The van der Waals surface area contributed by atoms with Gasteiger partial charge < -0.3 is 10.6 Å². The summed E-state index contributed by atoms with van der Waals surface area (Å²) in [6.07, 6.45) is 2.26. The summed E-state index contributed by atoms with van der Waals surface area (Å²) in [4.78, 5) is 2.23. The number of likely N-dealkylation sites (N-methyl/N-ethyl adjacent to an activating group) is 1. The Morgan fingerprint density at radius 2 is 1.42 bits per heavy atom. The number of nitrogens with two attached hydrogens (primary N) is 1. The highest BCUT2D eigenvalue weighted by Gasteiger charge is 2.25. The van der Waals surface area contributed by atoms with Gasteiger partial charge in [0.1, 0.15) is 0 Å². The lowest BCUT2D eigenvalue weighted by atomic mass is 9.92. The summed E-state index contributed by atoms with van der Waals surface area (Å²) in [6.45, 7) is 5.14. The number of rotatable bonds is 4. The Morgan fingerprint density at radius 3 is 1.42 bits per heavy atom. The van der Waals surface area contributed by atoms with Crippen LogP contribution in [0.2, 0.25) is 0 Å². The van der Waals surface area contributed by atoms with Gasteiger partial charge >= 0.3 is 0 Å². The molecule has 0 fully saturated rings. The Hall–Kier alpha value is 0.500. The molecular weight excluding hydrogens is 195 g/mol. The minimum atomic E-state index is 0. The normalized spacial score (nSPS) is 10.5. The molecule has 2 nitrogen and oxygen atoms in total. The van der Waals surface area contributed by atoms with Gasteiger partial charge in [0.05, 0.1) is 0 Å². The lowest BCUT2D eigenvalue weighted by Crippen LogP contribution is -2.49. The van der Waals surface area contributed by atoms with Crippen LogP contribution in [-0.4, -0.2) is 31.1 Å². The predicted molar refractivity (Wildman–Crippen MR) is 60.6 cm³/mol. The monoisotopic (exact) mass is 216 g/mol. The van der Waals surface area contributed by atoms with Crippen molar-refractivity contribution in [1.82, 2.24) is 4.90 Å². The average molecular weight is 217 g/mol. The van der Waals surface area contributed by atoms with E-state index < -0.39 is 0 Å². The minimum absolute atomic E-state index is 0. The van der Waals surface area contributed by atoms with Gasteiger partial charge in [-0.3, -0.25) is 0 Å². The molecule has 0 unspecified atom stereocenters. The zero-order valence-electron chi connectivity index (χ0n) is 8.46. The molecule has 4 heteroatoms. The third kappa shape index (κ3) is 3.94. The summed E-state index contributed by atoms with van der Waals surface area (Å²) in [6, 6.07) is 0. The van der Waals surface area contributed by atoms with Crippen molar-refractivity contribution in [3.8, 4) is 0 Å². The van der Waals surface area contributed by atoms with E-state index in [4.69, 9.17) is 5.73 Å². The zero-order valence-corrected chi connectivity index (χ0v) is 10.1. The maximum absolute atomic E-state index is 5.69. The molecule has 0 radical (unpaired) electrons. The van der Waals surface area contributed by atoms with Gasteiger partial charge in [0.2, 0.25) is 0 Å². The van der Waals surface area contributed by atoms with Gasteiger partial charge in [0, 0.05) is 12.1 Å². The molecule has 0 aromatic carbocycles. The van der Waals surface area contributed by atoms with Crippen molar-refractivity contribution in [3.63, 3.8) is 0 Å². The third-order valence-electron chi connectivity index (χ3n) is 2.64. The standard InChI is InChI=1S/C8H20N2.2ClH/c1-5-8(6-2,7-9)10(3)4;;/h5-7,9H2,1-4H3;2*1H. The Balaban J connectivity index is -0.000000405. The largest absolute Gasteiger partial charge is 0.329 e. The van der Waals surface area contributed by atoms with Crippen LogP contribution in [0.4, 0.5) is 0 Å². The molecular formula is C8H22Cl2N2. The van der Waals surface area contributed by atoms with Crippen LogP contribution in [0, 0.1) is 0 Å². The molecule has 0 rings (SSSR count). The molecule has 12 heavy (non-hydrogen) atoms. The molecule has 0 aliphatic rings. The molecule has 0 aliphatic heterocycles. The van der Waals surface area contributed by atoms with Crippen LogP contribution in [0.15, 0.2) is 0 Å². The van der Waals surface area contributed by atoms with Crippen molar-refractivity contribution >= 4 is 24.8 Å². The third-order valence-corrected chi connectivity index (χ3v) is 2.64. The predicted octanol–water partition coefficient (Wildman–Crippen LogP) is 1.91. The van der Waals surface area contributed by atoms with E-state index in [1.54, 1.807) is 0 Å². The first-order valence-corrected chi connectivity index (χ1v) is 4.00. The molecule has 78 valence electrons. The Morgan fingerprint density at radius 1 is 1.08 bits per heavy atom. The summed E-state index contributed by atoms with van der Waals surface area (Å²) in [5.74, 6) is 0. The molecule has 0 saturated carbocycles. The highest BCUT2D eigenvalue weighted by Crippen LogP contribution is 2.18. The van der Waals surface area contributed by atoms with Crippen molar-refractivity contribution in [2.45, 2.75) is 32.2 Å². The van der Waals surface area contributed by atoms with Crippen molar-refractivity contribution in [3.05, 3.63) is 0 Å². The van der Waals surface area contributed by atoms with Crippen LogP contribution in [0.1, 0.15) is 26.7 Å². The Labute approximate surface area is 88.7 Å². The maximum Gasteiger partial charge on any atom is 0.0320 e. The maximum atomic E-state index is 5.69. The molecule has 0 saturated heterocycles. The van der Waals surface area contributed by atoms with E-state index in [9.17, 15) is 0 Å². The smallest absolute Gasteiger partial charge is 0.0320 e. The van der Waals surface area contributed by atoms with Gasteiger partial charge in [0.25, 0.3) is 0 Å². The Kier molecular flexibility index (Phi) is 12.4. The van der Waals surface area contributed by atoms with Crippen molar-refractivity contribution in [1.29, 1.82) is 0 Å². The summed E-state index contributed by atoms with van der Waals surface area (Å²) < 4.78 is 0. The fourth-order valence-electron chi connectivity index (χ4n) is 1.35. The SMILES string of the molecule is CCC(CC)(CN)N(C)C.Cl.Cl. The highest BCUT2D eigenvalue weighted by molar-refractivity contribution is 5.85. The molecule has 0 aromatic heterocycles. The molecule has 2 N–H and O–H groups in total. The molecule has 0 bridgehead atoms. The Bertz CT molecular complexity index is 84.8. The molecule has 0 spiro atoms. The first-order valence-electron chi connectivity index (χ1n) is 4.00. The van der Waals surface area contributed by atoms with E-state index in [0.29, 0.717) is 0 Å². The van der Waals surface area contributed by atoms with E-state index in [2.05, 4.69) is 32.8 Å². The van der Waals surface area contributed by atoms with E-state index >= 15 is 0 Å². The second kappa shape index (κ2) is 8.11. The summed E-state index contributed by atoms with van der Waals surface area (Å²) in [5.41, 5.74) is 5.92. The molecule has 0 amide bonds. The van der Waals surface area contributed by atoms with Gasteiger partial charge in [-0.05, 0) is 26.9 Å². The van der Waals surface area contributed by atoms with E-state index in [1.807, 2.05) is 0 Å². The topological polar surface area (TPSA) is 29.3 Å². The van der Waals surface area contributed by atoms with Gasteiger partial charge in [0.15, 0.2) is 0 Å². The minimum Gasteiger partial charge on any atom is -0.329 e. The van der Waals surface area contributed by atoms with Gasteiger partial charge in [-0.2, -0.15) is 0 Å². The van der Waals surface area contributed by atoms with Gasteiger partial charge in [-0.1, -0.05) is 13.8 Å². The average Bonchev–Trinajstić information content (AvgIpc) is 1.92. The van der Waals surface area contributed by atoms with E-state index in [0.717, 1.165) is 19.4 Å². The van der Waals surface area contributed by atoms with Crippen molar-refractivity contribution in [2.75, 3.05) is 20.6 Å². The fourth-order valence-corrected chi connectivity index (χ4v) is 1.35. The van der Waals surface area contributed by atoms with Crippen LogP contribution >= 0.6 is 24.8 Å². The molecule has 0 aromatic rings. The molecule has 0 atom stereocenters. The number of halogens is 2. The zero-order chi connectivity index (χ0) is 8.20. The number of nitrogens with zero attached hydrogens (tertiary/aromatic N) is 1. The van der Waals surface area contributed by atoms with Crippen molar-refractivity contribution in [2.24, 2.45) is 5.73 Å². The lowest BCUT2D eigenvalue weighted by Gasteiger charge is -2.37. The number of hydrogen-bond acceptors (Lipinski definition) is 2. The quantitative estimate of drug-likeness (QED) is 0.779. The molecule has 0 heterocycles. The first-order chi connectivity index (χ1) is 4.63. The van der Waals surface area contributed by atoms with Crippen LogP contribution < -0.4 is 5.73 Å². The first kappa shape index (κ1) is 18.3. The van der Waals surface area contributed by atoms with E-state index in [1.165, 1.54) is 0 Å². The second-order valence-electron chi connectivity index (χ2n) is 3.03. The van der Waals surface area contributed by atoms with Crippen LogP contribution in [-0.2, 0) is 0 Å². The van der Waals surface area contributed by atoms with Crippen LogP contribution in [0.25, 0.3) is 0 Å². The van der Waals surface area contributed by atoms with E-state index in [-0.39, 0.29) is 30.4 Å². The second-order valence-corrected chi connectivity index (χ2v) is 3.03.